The summed E-state index contributed by atoms with van der Waals surface area (Å²) in [7, 11) is 0. The van der Waals surface area contributed by atoms with E-state index in [9.17, 15) is 9.59 Å². The molecule has 0 aromatic carbocycles. The van der Waals surface area contributed by atoms with Gasteiger partial charge in [-0.2, -0.15) is 0 Å². The number of carboxylic acids is 2. The number of nitrogens with one attached hydrogen (secondary N) is 1. The average molecular weight is 217 g/mol. The Balaban J connectivity index is 3.81. The molecule has 1 unspecified atom stereocenters. The maximum atomic E-state index is 10.6. The Hall–Kier alpha value is -1.63. The molecule has 1 atom stereocenters. The van der Waals surface area contributed by atoms with E-state index in [1.165, 1.54) is 6.34 Å². The molecule has 7 heteroatoms. The van der Waals surface area contributed by atoms with E-state index in [0.717, 1.165) is 0 Å². The van der Waals surface area contributed by atoms with Gasteiger partial charge in [0, 0.05) is 6.54 Å². The molecular formula is C8H15N3O4. The van der Waals surface area contributed by atoms with Gasteiger partial charge in [0.15, 0.2) is 0 Å². The van der Waals surface area contributed by atoms with Crippen molar-refractivity contribution in [1.29, 1.82) is 0 Å². The van der Waals surface area contributed by atoms with Crippen molar-refractivity contribution in [3.8, 4) is 0 Å². The Morgan fingerprint density at radius 2 is 2.13 bits per heavy atom. The molecule has 0 bridgehead atoms. The molecule has 0 spiro atoms. The minimum absolute atomic E-state index is 0.295. The van der Waals surface area contributed by atoms with Crippen LogP contribution in [0.15, 0.2) is 4.99 Å². The Labute approximate surface area is 87.0 Å². The molecule has 0 saturated carbocycles. The largest absolute Gasteiger partial charge is 0.481 e. The predicted octanol–water partition coefficient (Wildman–Crippen LogP) is -0.566. The van der Waals surface area contributed by atoms with Gasteiger partial charge in [0.05, 0.1) is 18.7 Å². The van der Waals surface area contributed by atoms with Crippen molar-refractivity contribution in [2.45, 2.75) is 19.3 Å². The third kappa shape index (κ3) is 7.44. The van der Waals surface area contributed by atoms with Gasteiger partial charge < -0.3 is 15.6 Å². The van der Waals surface area contributed by atoms with Crippen LogP contribution in [0.4, 0.5) is 0 Å². The van der Waals surface area contributed by atoms with E-state index in [4.69, 9.17) is 16.1 Å². The number of hydrazine groups is 1. The van der Waals surface area contributed by atoms with E-state index in [2.05, 4.69) is 10.4 Å². The van der Waals surface area contributed by atoms with Crippen LogP contribution in [0.2, 0.25) is 0 Å². The van der Waals surface area contributed by atoms with Crippen LogP contribution in [0.1, 0.15) is 19.3 Å². The van der Waals surface area contributed by atoms with E-state index in [-0.39, 0.29) is 6.42 Å². The van der Waals surface area contributed by atoms with Gasteiger partial charge in [-0.3, -0.25) is 14.6 Å². The smallest absolute Gasteiger partial charge is 0.307 e. The number of nitrogens with two attached hydrogens (primary N) is 1. The lowest BCUT2D eigenvalue weighted by atomic mass is 10.00. The summed E-state index contributed by atoms with van der Waals surface area (Å²) in [4.78, 5) is 24.7. The molecule has 0 fully saturated rings. The highest BCUT2D eigenvalue weighted by Gasteiger charge is 2.19. The SMILES string of the molecule is NNC=NCCCC(CC(=O)O)C(=O)O. The van der Waals surface area contributed by atoms with Gasteiger partial charge in [-0.05, 0) is 12.8 Å². The molecule has 0 aromatic heterocycles. The van der Waals surface area contributed by atoms with E-state index in [0.29, 0.717) is 19.4 Å². The van der Waals surface area contributed by atoms with Crippen molar-refractivity contribution < 1.29 is 19.8 Å². The molecule has 86 valence electrons. The number of rotatable bonds is 8. The normalized spacial score (nSPS) is 12.6. The molecule has 0 aliphatic heterocycles. The summed E-state index contributed by atoms with van der Waals surface area (Å²) in [6.45, 7) is 0.424. The first-order chi connectivity index (χ1) is 7.07. The summed E-state index contributed by atoms with van der Waals surface area (Å²) < 4.78 is 0. The molecule has 0 aromatic rings. The van der Waals surface area contributed by atoms with Gasteiger partial charge in [0.1, 0.15) is 0 Å². The molecular weight excluding hydrogens is 202 g/mol. The molecule has 0 aliphatic rings. The molecule has 5 N–H and O–H groups in total. The first-order valence-electron chi connectivity index (χ1n) is 4.47. The van der Waals surface area contributed by atoms with Crippen LogP contribution >= 0.6 is 0 Å². The maximum Gasteiger partial charge on any atom is 0.307 e. The fourth-order valence-electron chi connectivity index (χ4n) is 1.07. The molecule has 15 heavy (non-hydrogen) atoms. The molecule has 0 amide bonds. The van der Waals surface area contributed by atoms with Crippen molar-refractivity contribution in [1.82, 2.24) is 5.43 Å². The second kappa shape index (κ2) is 7.74. The molecule has 0 aliphatic carbocycles. The average Bonchev–Trinajstić information content (AvgIpc) is 2.15. The standard InChI is InChI=1S/C8H15N3O4/c9-11-5-10-3-1-2-6(8(14)15)4-7(12)13/h5-6H,1-4,9H2,(H,10,11)(H,12,13)(H,14,15). The number of hydrogen-bond donors (Lipinski definition) is 4. The monoisotopic (exact) mass is 217 g/mol. The van der Waals surface area contributed by atoms with Gasteiger partial charge >= 0.3 is 11.9 Å². The van der Waals surface area contributed by atoms with Gasteiger partial charge in [0.25, 0.3) is 0 Å². The highest BCUT2D eigenvalue weighted by molar-refractivity contribution is 5.77. The van der Waals surface area contributed by atoms with E-state index >= 15 is 0 Å². The second-order valence-electron chi connectivity index (χ2n) is 2.98. The van der Waals surface area contributed by atoms with Crippen LogP contribution in [0.3, 0.4) is 0 Å². The van der Waals surface area contributed by atoms with Crippen LogP contribution in [0.25, 0.3) is 0 Å². The Morgan fingerprint density at radius 1 is 1.47 bits per heavy atom. The highest BCUT2D eigenvalue weighted by Crippen LogP contribution is 2.11. The predicted molar refractivity (Wildman–Crippen MR) is 53.3 cm³/mol. The minimum Gasteiger partial charge on any atom is -0.481 e. The van der Waals surface area contributed by atoms with Crippen molar-refractivity contribution >= 4 is 18.3 Å². The Kier molecular flexibility index (Phi) is 6.90. The lowest BCUT2D eigenvalue weighted by Gasteiger charge is -2.07. The van der Waals surface area contributed by atoms with E-state index in [1.807, 2.05) is 0 Å². The van der Waals surface area contributed by atoms with Crippen molar-refractivity contribution in [3.63, 3.8) is 0 Å². The summed E-state index contributed by atoms with van der Waals surface area (Å²) in [5, 5.41) is 17.1. The summed E-state index contributed by atoms with van der Waals surface area (Å²) >= 11 is 0. The van der Waals surface area contributed by atoms with Crippen molar-refractivity contribution in [2.24, 2.45) is 16.8 Å². The Morgan fingerprint density at radius 3 is 2.60 bits per heavy atom. The van der Waals surface area contributed by atoms with Crippen LogP contribution in [-0.2, 0) is 9.59 Å². The zero-order valence-corrected chi connectivity index (χ0v) is 8.22. The number of carbonyl (C=O) groups is 2. The lowest BCUT2D eigenvalue weighted by molar-refractivity contribution is -0.148. The van der Waals surface area contributed by atoms with Crippen LogP contribution in [0.5, 0.6) is 0 Å². The van der Waals surface area contributed by atoms with Crippen LogP contribution < -0.4 is 11.3 Å². The molecule has 0 heterocycles. The van der Waals surface area contributed by atoms with Crippen LogP contribution in [0, 0.1) is 5.92 Å². The van der Waals surface area contributed by atoms with Crippen LogP contribution in [-0.4, -0.2) is 35.0 Å². The summed E-state index contributed by atoms with van der Waals surface area (Å²) in [6.07, 6.45) is 1.76. The van der Waals surface area contributed by atoms with Gasteiger partial charge in [-0.1, -0.05) is 0 Å². The topological polar surface area (TPSA) is 125 Å². The first kappa shape index (κ1) is 13.4. The number of aliphatic carboxylic acids is 2. The van der Waals surface area contributed by atoms with Gasteiger partial charge in [-0.25, -0.2) is 5.84 Å². The number of carboxylic acid groups (broad SMARTS) is 2. The first-order valence-corrected chi connectivity index (χ1v) is 4.47. The van der Waals surface area contributed by atoms with Gasteiger partial charge in [0.2, 0.25) is 0 Å². The lowest BCUT2D eigenvalue weighted by Crippen LogP contribution is -2.20. The number of nitrogens with zero attached hydrogens (tertiary/aromatic N) is 1. The summed E-state index contributed by atoms with van der Waals surface area (Å²) in [5.74, 6) is 1.88. The van der Waals surface area contributed by atoms with E-state index in [1.54, 1.807) is 0 Å². The van der Waals surface area contributed by atoms with Crippen molar-refractivity contribution in [2.75, 3.05) is 6.54 Å². The third-order valence-electron chi connectivity index (χ3n) is 1.78. The second-order valence-corrected chi connectivity index (χ2v) is 2.98. The fraction of sp³-hybridized carbons (Fsp3) is 0.625. The molecule has 0 saturated heterocycles. The summed E-state index contributed by atoms with van der Waals surface area (Å²) in [6, 6.07) is 0. The minimum atomic E-state index is -1.10. The fourth-order valence-corrected chi connectivity index (χ4v) is 1.07. The zero-order valence-electron chi connectivity index (χ0n) is 8.22. The molecule has 7 nitrogen and oxygen atoms in total. The Bertz CT molecular complexity index is 242. The molecule has 0 radical (unpaired) electrons. The van der Waals surface area contributed by atoms with E-state index < -0.39 is 17.9 Å². The van der Waals surface area contributed by atoms with Crippen molar-refractivity contribution in [3.05, 3.63) is 0 Å². The molecule has 0 rings (SSSR count). The third-order valence-corrected chi connectivity index (χ3v) is 1.78. The maximum absolute atomic E-state index is 10.6. The summed E-state index contributed by atoms with van der Waals surface area (Å²) in [5.41, 5.74) is 2.21. The highest BCUT2D eigenvalue weighted by atomic mass is 16.4. The quantitative estimate of drug-likeness (QED) is 0.142. The number of aliphatic imine (C=N–C) groups is 1. The number of hydrogen-bond acceptors (Lipinski definition) is 4. The zero-order chi connectivity index (χ0) is 11.7. The van der Waals surface area contributed by atoms with Gasteiger partial charge in [-0.15, -0.1) is 0 Å².